The van der Waals surface area contributed by atoms with Crippen LogP contribution in [0, 0.1) is 3.70 Å². The average molecular weight is 304 g/mol. The van der Waals surface area contributed by atoms with Crippen LogP contribution in [0.4, 0.5) is 5.95 Å². The molecule has 0 atom stereocenters. The van der Waals surface area contributed by atoms with E-state index in [-0.39, 0.29) is 0 Å². The third-order valence-corrected chi connectivity index (χ3v) is 3.18. The zero-order valence-corrected chi connectivity index (χ0v) is 9.93. The Morgan fingerprint density at radius 1 is 1.36 bits per heavy atom. The van der Waals surface area contributed by atoms with E-state index in [0.717, 1.165) is 9.26 Å². The first-order valence-electron chi connectivity index (χ1n) is 3.94. The first-order chi connectivity index (χ1) is 6.59. The summed E-state index contributed by atoms with van der Waals surface area (Å²) in [7, 11) is 3.63. The highest BCUT2D eigenvalue weighted by molar-refractivity contribution is 14.1. The Balaban J connectivity index is 2.54. The van der Waals surface area contributed by atoms with Crippen LogP contribution in [0.3, 0.4) is 0 Å². The van der Waals surface area contributed by atoms with Gasteiger partial charge in [-0.25, -0.2) is 4.68 Å². The fraction of sp³-hybridized carbons (Fsp3) is 0.286. The number of aryl methyl sites for hydroxylation is 2. The lowest BCUT2D eigenvalue weighted by Gasteiger charge is -1.92. The van der Waals surface area contributed by atoms with Gasteiger partial charge in [-0.05, 0) is 22.6 Å². The zero-order valence-electron chi connectivity index (χ0n) is 7.77. The number of anilines is 1. The molecule has 2 aromatic rings. The molecule has 0 radical (unpaired) electrons. The van der Waals surface area contributed by atoms with Gasteiger partial charge < -0.3 is 5.73 Å². The van der Waals surface area contributed by atoms with Gasteiger partial charge >= 0.3 is 0 Å². The molecule has 2 N–H and O–H groups in total. The molecule has 6 nitrogen and oxygen atoms in total. The van der Waals surface area contributed by atoms with Crippen LogP contribution in [0.1, 0.15) is 0 Å². The second-order valence-electron chi connectivity index (χ2n) is 2.89. The minimum absolute atomic E-state index is 0.402. The minimum atomic E-state index is 0.402. The average Bonchev–Trinajstić information content (AvgIpc) is 2.61. The van der Waals surface area contributed by atoms with Gasteiger partial charge in [-0.15, -0.1) is 5.10 Å². The van der Waals surface area contributed by atoms with Gasteiger partial charge in [0.2, 0.25) is 5.95 Å². The molecule has 2 heterocycles. The van der Waals surface area contributed by atoms with Gasteiger partial charge in [0, 0.05) is 14.1 Å². The third kappa shape index (κ3) is 1.37. The molecule has 74 valence electrons. The van der Waals surface area contributed by atoms with Crippen LogP contribution in [-0.2, 0) is 14.1 Å². The minimum Gasteiger partial charge on any atom is -0.368 e. The molecular formula is C7H9IN6. The van der Waals surface area contributed by atoms with Crippen molar-refractivity contribution in [3.63, 3.8) is 0 Å². The number of nitrogen functional groups attached to an aromatic ring is 1. The van der Waals surface area contributed by atoms with E-state index in [9.17, 15) is 0 Å². The lowest BCUT2D eigenvalue weighted by Crippen LogP contribution is -1.97. The lowest BCUT2D eigenvalue weighted by atomic mass is 10.3. The summed E-state index contributed by atoms with van der Waals surface area (Å²) in [6.07, 6.45) is 1.73. The molecule has 0 aromatic carbocycles. The highest BCUT2D eigenvalue weighted by atomic mass is 127. The van der Waals surface area contributed by atoms with Crippen LogP contribution in [0.2, 0.25) is 0 Å². The smallest absolute Gasteiger partial charge is 0.218 e. The molecule has 14 heavy (non-hydrogen) atoms. The number of hydrogen-bond acceptors (Lipinski definition) is 4. The first kappa shape index (κ1) is 9.44. The Hall–Kier alpha value is -1.12. The van der Waals surface area contributed by atoms with Crippen LogP contribution < -0.4 is 5.73 Å². The Morgan fingerprint density at radius 2 is 2.07 bits per heavy atom. The van der Waals surface area contributed by atoms with Crippen LogP contribution in [0.15, 0.2) is 6.20 Å². The van der Waals surface area contributed by atoms with Crippen molar-refractivity contribution in [2.45, 2.75) is 0 Å². The molecule has 0 aliphatic carbocycles. The van der Waals surface area contributed by atoms with Crippen molar-refractivity contribution in [2.24, 2.45) is 14.1 Å². The maximum absolute atomic E-state index is 5.59. The molecule has 0 fully saturated rings. The summed E-state index contributed by atoms with van der Waals surface area (Å²) < 4.78 is 4.30. The highest BCUT2D eigenvalue weighted by Gasteiger charge is 2.13. The normalized spacial score (nSPS) is 10.8. The molecule has 0 bridgehead atoms. The molecule has 0 unspecified atom stereocenters. The number of nitrogens with zero attached hydrogens (tertiary/aromatic N) is 5. The van der Waals surface area contributed by atoms with Crippen LogP contribution in [-0.4, -0.2) is 24.5 Å². The van der Waals surface area contributed by atoms with Gasteiger partial charge in [-0.2, -0.15) is 10.1 Å². The first-order valence-corrected chi connectivity index (χ1v) is 5.02. The van der Waals surface area contributed by atoms with Gasteiger partial charge in [0.05, 0.1) is 11.8 Å². The predicted molar refractivity (Wildman–Crippen MR) is 60.3 cm³/mol. The van der Waals surface area contributed by atoms with Crippen molar-refractivity contribution in [2.75, 3.05) is 5.73 Å². The van der Waals surface area contributed by atoms with Crippen LogP contribution >= 0.6 is 22.6 Å². The van der Waals surface area contributed by atoms with E-state index < -0.39 is 0 Å². The molecular weight excluding hydrogens is 295 g/mol. The molecule has 0 aliphatic rings. The van der Waals surface area contributed by atoms with Crippen molar-refractivity contribution >= 4 is 28.5 Å². The monoisotopic (exact) mass is 304 g/mol. The van der Waals surface area contributed by atoms with Crippen molar-refractivity contribution in [1.82, 2.24) is 24.5 Å². The second kappa shape index (κ2) is 3.23. The molecule has 0 spiro atoms. The Morgan fingerprint density at radius 3 is 2.50 bits per heavy atom. The summed E-state index contributed by atoms with van der Waals surface area (Å²) >= 11 is 2.19. The number of aromatic nitrogens is 5. The maximum Gasteiger partial charge on any atom is 0.218 e. The molecule has 7 heteroatoms. The molecule has 0 saturated carbocycles. The largest absolute Gasteiger partial charge is 0.368 e. The number of nitrogens with two attached hydrogens (primary N) is 1. The third-order valence-electron chi connectivity index (χ3n) is 1.90. The summed E-state index contributed by atoms with van der Waals surface area (Å²) in [5, 5.41) is 8.29. The van der Waals surface area contributed by atoms with Crippen molar-refractivity contribution < 1.29 is 0 Å². The van der Waals surface area contributed by atoms with Crippen molar-refractivity contribution in [1.29, 1.82) is 0 Å². The van der Waals surface area contributed by atoms with Gasteiger partial charge in [0.25, 0.3) is 0 Å². The fourth-order valence-corrected chi connectivity index (χ4v) is 1.59. The Kier molecular flexibility index (Phi) is 2.17. The summed E-state index contributed by atoms with van der Waals surface area (Å²) in [4.78, 5) is 4.13. The van der Waals surface area contributed by atoms with E-state index in [1.807, 2.05) is 7.05 Å². The topological polar surface area (TPSA) is 74.5 Å². The van der Waals surface area contributed by atoms with Gasteiger partial charge in [-0.1, -0.05) is 0 Å². The zero-order chi connectivity index (χ0) is 10.3. The second-order valence-corrected chi connectivity index (χ2v) is 3.91. The van der Waals surface area contributed by atoms with Gasteiger partial charge in [0.1, 0.15) is 3.70 Å². The van der Waals surface area contributed by atoms with Gasteiger partial charge in [-0.3, -0.25) is 4.68 Å². The summed E-state index contributed by atoms with van der Waals surface area (Å²) in [6, 6.07) is 0. The van der Waals surface area contributed by atoms with Crippen LogP contribution in [0.25, 0.3) is 11.4 Å². The standard InChI is InChI=1S/C7H9IN6/c1-13-5(8)4(3-10-13)6-11-7(9)14(2)12-6/h3H,1-2H3,(H2,9,11,12). The SMILES string of the molecule is Cn1nc(-c2cnn(C)c2I)nc1N. The van der Waals surface area contributed by atoms with E-state index >= 15 is 0 Å². The highest BCUT2D eigenvalue weighted by Crippen LogP contribution is 2.21. The molecule has 0 saturated heterocycles. The fourth-order valence-electron chi connectivity index (χ4n) is 1.08. The summed E-state index contributed by atoms with van der Waals surface area (Å²) in [6.45, 7) is 0. The maximum atomic E-state index is 5.59. The Bertz CT molecular complexity index is 451. The Labute approximate surface area is 94.3 Å². The van der Waals surface area contributed by atoms with E-state index in [1.165, 1.54) is 0 Å². The van der Waals surface area contributed by atoms with Crippen LogP contribution in [0.5, 0.6) is 0 Å². The molecule has 0 amide bonds. The van der Waals surface area contributed by atoms with Gasteiger partial charge in [0.15, 0.2) is 5.82 Å². The molecule has 2 aromatic heterocycles. The summed E-state index contributed by atoms with van der Waals surface area (Å²) in [5.74, 6) is 1.02. The predicted octanol–water partition coefficient (Wildman–Crippen LogP) is 0.402. The van der Waals surface area contributed by atoms with E-state index in [1.54, 1.807) is 22.6 Å². The quantitative estimate of drug-likeness (QED) is 0.774. The lowest BCUT2D eigenvalue weighted by molar-refractivity contribution is 0.747. The number of halogens is 1. The number of rotatable bonds is 1. The summed E-state index contributed by atoms with van der Waals surface area (Å²) in [5.41, 5.74) is 6.50. The number of hydrogen-bond donors (Lipinski definition) is 1. The van der Waals surface area contributed by atoms with E-state index in [4.69, 9.17) is 5.73 Å². The van der Waals surface area contributed by atoms with E-state index in [2.05, 4.69) is 37.8 Å². The van der Waals surface area contributed by atoms with Crippen molar-refractivity contribution in [3.8, 4) is 11.4 Å². The molecule has 0 aliphatic heterocycles. The van der Waals surface area contributed by atoms with Crippen molar-refractivity contribution in [3.05, 3.63) is 9.90 Å². The molecule has 2 rings (SSSR count). The van der Waals surface area contributed by atoms with E-state index in [0.29, 0.717) is 11.8 Å².